The highest BCUT2D eigenvalue weighted by Crippen LogP contribution is 2.26. The fraction of sp³-hybridized carbons (Fsp3) is 0.500. The molecule has 18 heavy (non-hydrogen) atoms. The standard InChI is InChI=1S/C14H21NO3/c1-5-17-14(16)11(4)18-13-7-6-9(2)8-12(13)10(3)15/h6-8,10-11H,5,15H2,1-4H3/t10-,11?/m1/s1. The van der Waals surface area contributed by atoms with Crippen LogP contribution in [0.5, 0.6) is 5.75 Å². The minimum atomic E-state index is -0.634. The molecule has 100 valence electrons. The number of aryl methyl sites for hydroxylation is 1. The second-order valence-electron chi connectivity index (χ2n) is 4.34. The van der Waals surface area contributed by atoms with Gasteiger partial charge in [0.15, 0.2) is 6.10 Å². The van der Waals surface area contributed by atoms with Crippen molar-refractivity contribution in [2.24, 2.45) is 5.73 Å². The quantitative estimate of drug-likeness (QED) is 0.816. The van der Waals surface area contributed by atoms with E-state index in [9.17, 15) is 4.79 Å². The molecule has 0 heterocycles. The van der Waals surface area contributed by atoms with Crippen LogP contribution in [0.4, 0.5) is 0 Å². The summed E-state index contributed by atoms with van der Waals surface area (Å²) in [6, 6.07) is 5.59. The van der Waals surface area contributed by atoms with Crippen LogP contribution in [-0.4, -0.2) is 18.7 Å². The average molecular weight is 251 g/mol. The number of benzene rings is 1. The van der Waals surface area contributed by atoms with Crippen LogP contribution in [0.3, 0.4) is 0 Å². The Morgan fingerprint density at radius 1 is 1.39 bits per heavy atom. The van der Waals surface area contributed by atoms with E-state index in [2.05, 4.69) is 0 Å². The van der Waals surface area contributed by atoms with Crippen LogP contribution in [0.2, 0.25) is 0 Å². The topological polar surface area (TPSA) is 61.5 Å². The Labute approximate surface area is 108 Å². The van der Waals surface area contributed by atoms with Crippen LogP contribution < -0.4 is 10.5 Å². The Morgan fingerprint density at radius 2 is 2.06 bits per heavy atom. The molecule has 1 unspecified atom stereocenters. The lowest BCUT2D eigenvalue weighted by Crippen LogP contribution is -2.26. The van der Waals surface area contributed by atoms with E-state index < -0.39 is 6.10 Å². The minimum Gasteiger partial charge on any atom is -0.479 e. The third-order valence-corrected chi connectivity index (χ3v) is 2.58. The number of carbonyl (C=O) groups excluding carboxylic acids is 1. The van der Waals surface area contributed by atoms with Gasteiger partial charge in [0.25, 0.3) is 0 Å². The summed E-state index contributed by atoms with van der Waals surface area (Å²) in [5.41, 5.74) is 7.90. The van der Waals surface area contributed by atoms with Gasteiger partial charge in [-0.1, -0.05) is 17.7 Å². The number of rotatable bonds is 5. The third-order valence-electron chi connectivity index (χ3n) is 2.58. The lowest BCUT2D eigenvalue weighted by atomic mass is 10.1. The lowest BCUT2D eigenvalue weighted by molar-refractivity contribution is -0.150. The average Bonchev–Trinajstić information content (AvgIpc) is 2.31. The molecule has 1 aromatic rings. The van der Waals surface area contributed by atoms with Gasteiger partial charge in [0, 0.05) is 11.6 Å². The highest BCUT2D eigenvalue weighted by atomic mass is 16.6. The minimum absolute atomic E-state index is 0.144. The van der Waals surface area contributed by atoms with E-state index in [-0.39, 0.29) is 12.0 Å². The molecule has 4 nitrogen and oxygen atoms in total. The smallest absolute Gasteiger partial charge is 0.347 e. The van der Waals surface area contributed by atoms with Gasteiger partial charge in [-0.25, -0.2) is 4.79 Å². The maximum atomic E-state index is 11.5. The number of nitrogens with two attached hydrogens (primary N) is 1. The lowest BCUT2D eigenvalue weighted by Gasteiger charge is -2.18. The summed E-state index contributed by atoms with van der Waals surface area (Å²) in [6.07, 6.45) is -0.634. The van der Waals surface area contributed by atoms with Crippen molar-refractivity contribution in [3.8, 4) is 5.75 Å². The summed E-state index contributed by atoms with van der Waals surface area (Å²) in [5.74, 6) is 0.268. The van der Waals surface area contributed by atoms with E-state index in [1.165, 1.54) is 0 Å². The van der Waals surface area contributed by atoms with Crippen molar-refractivity contribution in [2.75, 3.05) is 6.61 Å². The van der Waals surface area contributed by atoms with Gasteiger partial charge in [0.2, 0.25) is 0 Å². The second-order valence-corrected chi connectivity index (χ2v) is 4.34. The molecular formula is C14H21NO3. The number of carbonyl (C=O) groups is 1. The Hall–Kier alpha value is -1.55. The molecule has 1 aromatic carbocycles. The van der Waals surface area contributed by atoms with Crippen molar-refractivity contribution < 1.29 is 14.3 Å². The van der Waals surface area contributed by atoms with Crippen LogP contribution in [0.1, 0.15) is 37.9 Å². The molecule has 0 aromatic heterocycles. The van der Waals surface area contributed by atoms with Crippen molar-refractivity contribution in [1.29, 1.82) is 0 Å². The van der Waals surface area contributed by atoms with E-state index in [4.69, 9.17) is 15.2 Å². The summed E-state index contributed by atoms with van der Waals surface area (Å²) in [6.45, 7) is 7.66. The molecule has 0 aliphatic carbocycles. The normalized spacial score (nSPS) is 13.8. The van der Waals surface area contributed by atoms with Crippen LogP contribution in [0.15, 0.2) is 18.2 Å². The SMILES string of the molecule is CCOC(=O)C(C)Oc1ccc(C)cc1[C@@H](C)N. The second kappa shape index (κ2) is 6.40. The summed E-state index contributed by atoms with van der Waals surface area (Å²) in [4.78, 5) is 11.5. The van der Waals surface area contributed by atoms with Gasteiger partial charge in [-0.05, 0) is 33.8 Å². The molecule has 0 fully saturated rings. The molecule has 0 bridgehead atoms. The summed E-state index contributed by atoms with van der Waals surface area (Å²) in [7, 11) is 0. The fourth-order valence-corrected chi connectivity index (χ4v) is 1.63. The molecule has 0 amide bonds. The molecule has 0 spiro atoms. The molecule has 0 saturated carbocycles. The largest absolute Gasteiger partial charge is 0.479 e. The predicted molar refractivity (Wildman–Crippen MR) is 70.5 cm³/mol. The van der Waals surface area contributed by atoms with Gasteiger partial charge < -0.3 is 15.2 Å². The van der Waals surface area contributed by atoms with Crippen LogP contribution in [0, 0.1) is 6.92 Å². The number of ether oxygens (including phenoxy) is 2. The molecule has 0 saturated heterocycles. The molecular weight excluding hydrogens is 230 g/mol. The highest BCUT2D eigenvalue weighted by molar-refractivity contribution is 5.74. The van der Waals surface area contributed by atoms with E-state index in [1.54, 1.807) is 13.8 Å². The van der Waals surface area contributed by atoms with Crippen molar-refractivity contribution in [3.63, 3.8) is 0 Å². The van der Waals surface area contributed by atoms with E-state index in [0.29, 0.717) is 12.4 Å². The van der Waals surface area contributed by atoms with Crippen LogP contribution in [-0.2, 0) is 9.53 Å². The first kappa shape index (κ1) is 14.5. The first-order valence-electron chi connectivity index (χ1n) is 6.15. The maximum Gasteiger partial charge on any atom is 0.347 e. The summed E-state index contributed by atoms with van der Waals surface area (Å²) in [5, 5.41) is 0. The monoisotopic (exact) mass is 251 g/mol. The Morgan fingerprint density at radius 3 is 2.61 bits per heavy atom. The number of hydrogen-bond donors (Lipinski definition) is 1. The number of esters is 1. The van der Waals surface area contributed by atoms with Gasteiger partial charge in [-0.2, -0.15) is 0 Å². The molecule has 2 atom stereocenters. The summed E-state index contributed by atoms with van der Waals surface area (Å²) >= 11 is 0. The molecule has 4 heteroatoms. The Balaban J connectivity index is 2.87. The summed E-state index contributed by atoms with van der Waals surface area (Å²) < 4.78 is 10.5. The van der Waals surface area contributed by atoms with Gasteiger partial charge in [-0.3, -0.25) is 0 Å². The van der Waals surface area contributed by atoms with Gasteiger partial charge in [0.1, 0.15) is 5.75 Å². The van der Waals surface area contributed by atoms with Gasteiger partial charge in [-0.15, -0.1) is 0 Å². The van der Waals surface area contributed by atoms with Crippen molar-refractivity contribution in [1.82, 2.24) is 0 Å². The Kier molecular flexibility index (Phi) is 5.16. The van der Waals surface area contributed by atoms with E-state index >= 15 is 0 Å². The maximum absolute atomic E-state index is 11.5. The predicted octanol–water partition coefficient (Wildman–Crippen LogP) is 2.35. The highest BCUT2D eigenvalue weighted by Gasteiger charge is 2.18. The first-order valence-corrected chi connectivity index (χ1v) is 6.15. The van der Waals surface area contributed by atoms with Crippen LogP contribution in [0.25, 0.3) is 0 Å². The molecule has 0 aliphatic heterocycles. The molecule has 2 N–H and O–H groups in total. The van der Waals surface area contributed by atoms with E-state index in [0.717, 1.165) is 11.1 Å². The molecule has 0 aliphatic rings. The zero-order valence-electron chi connectivity index (χ0n) is 11.4. The van der Waals surface area contributed by atoms with Crippen LogP contribution >= 0.6 is 0 Å². The van der Waals surface area contributed by atoms with Crippen molar-refractivity contribution in [3.05, 3.63) is 29.3 Å². The van der Waals surface area contributed by atoms with Crippen molar-refractivity contribution in [2.45, 2.75) is 39.8 Å². The zero-order chi connectivity index (χ0) is 13.7. The zero-order valence-corrected chi connectivity index (χ0v) is 11.4. The van der Waals surface area contributed by atoms with Gasteiger partial charge in [0.05, 0.1) is 6.61 Å². The first-order chi connectivity index (χ1) is 8.45. The van der Waals surface area contributed by atoms with E-state index in [1.807, 2.05) is 32.0 Å². The fourth-order valence-electron chi connectivity index (χ4n) is 1.63. The van der Waals surface area contributed by atoms with Crippen molar-refractivity contribution >= 4 is 5.97 Å². The van der Waals surface area contributed by atoms with Gasteiger partial charge >= 0.3 is 5.97 Å². The third kappa shape index (κ3) is 3.74. The molecule has 1 rings (SSSR count). The number of hydrogen-bond acceptors (Lipinski definition) is 4. The Bertz CT molecular complexity index is 416. The molecule has 0 radical (unpaired) electrons.